The number of nitrogens with zero attached hydrogens (tertiary/aromatic N) is 1. The van der Waals surface area contributed by atoms with Crippen LogP contribution in [-0.4, -0.2) is 42.1 Å². The van der Waals surface area contributed by atoms with Gasteiger partial charge in [-0.25, -0.2) is 0 Å². The third-order valence-corrected chi connectivity index (χ3v) is 6.15. The van der Waals surface area contributed by atoms with Crippen molar-refractivity contribution in [2.45, 2.75) is 69.9 Å². The summed E-state index contributed by atoms with van der Waals surface area (Å²) < 4.78 is 5.77. The molecule has 144 valence electrons. The van der Waals surface area contributed by atoms with Crippen molar-refractivity contribution in [3.63, 3.8) is 0 Å². The second-order valence-electron chi connectivity index (χ2n) is 7.76. The van der Waals surface area contributed by atoms with E-state index in [4.69, 9.17) is 16.3 Å². The average molecular weight is 379 g/mol. The second-order valence-corrected chi connectivity index (χ2v) is 8.20. The van der Waals surface area contributed by atoms with Crippen molar-refractivity contribution in [2.75, 3.05) is 19.6 Å². The van der Waals surface area contributed by atoms with Gasteiger partial charge in [-0.3, -0.25) is 9.69 Å². The maximum Gasteiger partial charge on any atom is 0.260 e. The minimum atomic E-state index is -0.516. The highest BCUT2D eigenvalue weighted by Crippen LogP contribution is 2.35. The number of rotatable bonds is 6. The topological polar surface area (TPSA) is 41.6 Å². The summed E-state index contributed by atoms with van der Waals surface area (Å²) in [5, 5.41) is 3.85. The Balaban J connectivity index is 1.57. The molecule has 1 saturated carbocycles. The Labute approximate surface area is 162 Å². The molecule has 26 heavy (non-hydrogen) atoms. The van der Waals surface area contributed by atoms with Gasteiger partial charge in [-0.2, -0.15) is 0 Å². The lowest BCUT2D eigenvalue weighted by atomic mass is 9.79. The summed E-state index contributed by atoms with van der Waals surface area (Å²) >= 11 is 5.90. The molecule has 1 saturated heterocycles. The predicted octanol–water partition coefficient (Wildman–Crippen LogP) is 4.41. The number of halogens is 1. The molecular weight excluding hydrogens is 348 g/mol. The van der Waals surface area contributed by atoms with Gasteiger partial charge in [0.15, 0.2) is 6.10 Å². The van der Waals surface area contributed by atoms with Crippen LogP contribution in [-0.2, 0) is 4.79 Å². The van der Waals surface area contributed by atoms with Crippen LogP contribution >= 0.6 is 11.6 Å². The molecule has 1 aromatic rings. The monoisotopic (exact) mass is 378 g/mol. The molecule has 0 radical (unpaired) electrons. The summed E-state index contributed by atoms with van der Waals surface area (Å²) in [5.74, 6) is 0.627. The molecule has 1 unspecified atom stereocenters. The number of likely N-dealkylation sites (tertiary alicyclic amines) is 1. The lowest BCUT2D eigenvalue weighted by molar-refractivity contribution is -0.128. The molecule has 0 bridgehead atoms. The highest BCUT2D eigenvalue weighted by molar-refractivity contribution is 6.30. The molecule has 0 spiro atoms. The zero-order valence-electron chi connectivity index (χ0n) is 15.8. The molecule has 1 heterocycles. The number of carbonyl (C=O) groups excluding carboxylic acids is 1. The number of piperidine rings is 1. The van der Waals surface area contributed by atoms with Crippen molar-refractivity contribution in [1.82, 2.24) is 10.2 Å². The minimum Gasteiger partial charge on any atom is -0.481 e. The maximum atomic E-state index is 12.6. The van der Waals surface area contributed by atoms with Crippen LogP contribution in [0.5, 0.6) is 5.75 Å². The fourth-order valence-electron chi connectivity index (χ4n) is 4.35. The van der Waals surface area contributed by atoms with Crippen molar-refractivity contribution < 1.29 is 9.53 Å². The molecular formula is C21H31ClN2O2. The first-order chi connectivity index (χ1) is 12.6. The SMILES string of the molecule is CC(Oc1ccc(Cl)cc1)C(=O)NCC1(N2CCCCC2)CCCCC1. The zero-order valence-corrected chi connectivity index (χ0v) is 16.6. The normalized spacial score (nSPS) is 21.8. The van der Waals surface area contributed by atoms with E-state index in [9.17, 15) is 4.79 Å². The average Bonchev–Trinajstić information content (AvgIpc) is 2.69. The van der Waals surface area contributed by atoms with Crippen molar-refractivity contribution >= 4 is 17.5 Å². The van der Waals surface area contributed by atoms with Crippen LogP contribution in [0.3, 0.4) is 0 Å². The van der Waals surface area contributed by atoms with Crippen molar-refractivity contribution in [3.05, 3.63) is 29.3 Å². The fourth-order valence-corrected chi connectivity index (χ4v) is 4.48. The fraction of sp³-hybridized carbons (Fsp3) is 0.667. The van der Waals surface area contributed by atoms with Gasteiger partial charge in [-0.15, -0.1) is 0 Å². The smallest absolute Gasteiger partial charge is 0.260 e. The first-order valence-electron chi connectivity index (χ1n) is 10.0. The highest BCUT2D eigenvalue weighted by Gasteiger charge is 2.38. The standard InChI is InChI=1S/C21H31ClN2O2/c1-17(26-19-10-8-18(22)9-11-19)20(25)23-16-21(12-4-2-5-13-21)24-14-6-3-7-15-24/h8-11,17H,2-7,12-16H2,1H3,(H,23,25). The minimum absolute atomic E-state index is 0.0399. The van der Waals surface area contributed by atoms with E-state index in [1.807, 2.05) is 0 Å². The van der Waals surface area contributed by atoms with Crippen LogP contribution in [0.1, 0.15) is 58.3 Å². The van der Waals surface area contributed by atoms with E-state index in [2.05, 4.69) is 10.2 Å². The molecule has 1 aromatic carbocycles. The predicted molar refractivity (Wildman–Crippen MR) is 106 cm³/mol. The number of carbonyl (C=O) groups is 1. The van der Waals surface area contributed by atoms with Crippen molar-refractivity contribution in [1.29, 1.82) is 0 Å². The molecule has 1 aliphatic heterocycles. The molecule has 1 N–H and O–H groups in total. The van der Waals surface area contributed by atoms with E-state index in [0.29, 0.717) is 10.8 Å². The Morgan fingerprint density at radius 2 is 1.73 bits per heavy atom. The van der Waals surface area contributed by atoms with E-state index in [0.717, 1.165) is 6.54 Å². The Morgan fingerprint density at radius 1 is 1.12 bits per heavy atom. The molecule has 5 heteroatoms. The Hall–Kier alpha value is -1.26. The lowest BCUT2D eigenvalue weighted by Gasteiger charge is -2.48. The van der Waals surface area contributed by atoms with Gasteiger partial charge in [-0.05, 0) is 70.0 Å². The first-order valence-corrected chi connectivity index (χ1v) is 10.4. The summed E-state index contributed by atoms with van der Waals surface area (Å²) in [6, 6.07) is 7.13. The van der Waals surface area contributed by atoms with Crippen LogP contribution in [0, 0.1) is 0 Å². The number of amides is 1. The van der Waals surface area contributed by atoms with Crippen LogP contribution in [0.15, 0.2) is 24.3 Å². The van der Waals surface area contributed by atoms with Gasteiger partial charge in [0.05, 0.1) is 0 Å². The third-order valence-electron chi connectivity index (χ3n) is 5.90. The summed E-state index contributed by atoms with van der Waals surface area (Å²) in [4.78, 5) is 15.3. The molecule has 4 nitrogen and oxygen atoms in total. The Kier molecular flexibility index (Phi) is 6.82. The van der Waals surface area contributed by atoms with E-state index in [1.165, 1.54) is 64.5 Å². The third kappa shape index (κ3) is 4.92. The number of hydrogen-bond donors (Lipinski definition) is 1. The van der Waals surface area contributed by atoms with E-state index < -0.39 is 6.10 Å². The van der Waals surface area contributed by atoms with Crippen LogP contribution in [0.4, 0.5) is 0 Å². The van der Waals surface area contributed by atoms with E-state index in [1.54, 1.807) is 31.2 Å². The zero-order chi connectivity index (χ0) is 18.4. The number of hydrogen-bond acceptors (Lipinski definition) is 3. The highest BCUT2D eigenvalue weighted by atomic mass is 35.5. The van der Waals surface area contributed by atoms with Crippen LogP contribution < -0.4 is 10.1 Å². The number of benzene rings is 1. The quantitative estimate of drug-likeness (QED) is 0.797. The summed E-state index contributed by atoms with van der Waals surface area (Å²) in [7, 11) is 0. The van der Waals surface area contributed by atoms with Gasteiger partial charge in [0.25, 0.3) is 5.91 Å². The molecule has 1 amide bonds. The Morgan fingerprint density at radius 3 is 2.38 bits per heavy atom. The van der Waals surface area contributed by atoms with Gasteiger partial charge in [0.1, 0.15) is 5.75 Å². The lowest BCUT2D eigenvalue weighted by Crippen LogP contribution is -2.58. The van der Waals surface area contributed by atoms with Crippen molar-refractivity contribution in [3.8, 4) is 5.75 Å². The molecule has 0 aromatic heterocycles. The van der Waals surface area contributed by atoms with Gasteiger partial charge in [-0.1, -0.05) is 37.3 Å². The van der Waals surface area contributed by atoms with Crippen molar-refractivity contribution in [2.24, 2.45) is 0 Å². The maximum absolute atomic E-state index is 12.6. The van der Waals surface area contributed by atoms with E-state index >= 15 is 0 Å². The van der Waals surface area contributed by atoms with Gasteiger partial charge in [0, 0.05) is 17.1 Å². The van der Waals surface area contributed by atoms with Crippen LogP contribution in [0.25, 0.3) is 0 Å². The molecule has 2 aliphatic rings. The number of ether oxygens (including phenoxy) is 1. The number of nitrogens with one attached hydrogen (secondary N) is 1. The summed E-state index contributed by atoms with van der Waals surface area (Å²) in [6.07, 6.45) is 9.63. The first kappa shape index (κ1) is 19.5. The second kappa shape index (κ2) is 9.09. The summed E-state index contributed by atoms with van der Waals surface area (Å²) in [6.45, 7) is 4.89. The van der Waals surface area contributed by atoms with Crippen LogP contribution in [0.2, 0.25) is 5.02 Å². The van der Waals surface area contributed by atoms with Gasteiger partial charge < -0.3 is 10.1 Å². The molecule has 1 atom stereocenters. The van der Waals surface area contributed by atoms with E-state index in [-0.39, 0.29) is 11.4 Å². The van der Waals surface area contributed by atoms with Gasteiger partial charge in [0.2, 0.25) is 0 Å². The van der Waals surface area contributed by atoms with Gasteiger partial charge >= 0.3 is 0 Å². The molecule has 3 rings (SSSR count). The summed E-state index contributed by atoms with van der Waals surface area (Å²) in [5.41, 5.74) is 0.147. The Bertz CT molecular complexity index is 578. The largest absolute Gasteiger partial charge is 0.481 e. The molecule has 2 fully saturated rings. The molecule has 1 aliphatic carbocycles.